The Kier molecular flexibility index (Phi) is 7.43. The molecule has 5 aromatic carbocycles. The van der Waals surface area contributed by atoms with E-state index in [4.69, 9.17) is 0 Å². The summed E-state index contributed by atoms with van der Waals surface area (Å²) in [7, 11) is 0. The highest BCUT2D eigenvalue weighted by Crippen LogP contribution is 2.34. The molecule has 0 fully saturated rings. The van der Waals surface area contributed by atoms with Gasteiger partial charge in [-0.2, -0.15) is 0 Å². The first-order valence-electron chi connectivity index (χ1n) is 12.7. The topological polar surface area (TPSA) is 3.24 Å². The fraction of sp³-hybridized carbons (Fsp3) is 0.0556. The molecule has 0 aromatic heterocycles. The average Bonchev–Trinajstić information content (AvgIpc) is 2.95. The van der Waals surface area contributed by atoms with Crippen LogP contribution in [0.4, 0.5) is 17.1 Å². The van der Waals surface area contributed by atoms with Crippen LogP contribution in [0.5, 0.6) is 0 Å². The lowest BCUT2D eigenvalue weighted by atomic mass is 9.96. The number of benzene rings is 5. The van der Waals surface area contributed by atoms with Gasteiger partial charge in [0, 0.05) is 17.1 Å². The van der Waals surface area contributed by atoms with Crippen LogP contribution in [0.25, 0.3) is 11.6 Å². The molecule has 0 aliphatic rings. The largest absolute Gasteiger partial charge is 0.311 e. The molecular weight excluding hydrogens is 446 g/mol. The van der Waals surface area contributed by atoms with Gasteiger partial charge < -0.3 is 4.90 Å². The molecule has 1 heteroatoms. The van der Waals surface area contributed by atoms with Crippen molar-refractivity contribution in [1.82, 2.24) is 0 Å². The zero-order valence-electron chi connectivity index (χ0n) is 21.4. The second-order valence-corrected chi connectivity index (χ2v) is 9.27. The van der Waals surface area contributed by atoms with E-state index in [1.54, 1.807) is 0 Å². The van der Waals surface area contributed by atoms with Crippen LogP contribution in [0.2, 0.25) is 0 Å². The third-order valence-electron chi connectivity index (χ3n) is 6.46. The smallest absolute Gasteiger partial charge is 0.0462 e. The maximum atomic E-state index is 2.28. The summed E-state index contributed by atoms with van der Waals surface area (Å²) in [6.45, 7) is 4.25. The summed E-state index contributed by atoms with van der Waals surface area (Å²) in [4.78, 5) is 2.28. The van der Waals surface area contributed by atoms with Gasteiger partial charge in [0.1, 0.15) is 0 Å². The van der Waals surface area contributed by atoms with E-state index in [9.17, 15) is 0 Å². The van der Waals surface area contributed by atoms with Crippen LogP contribution in [0, 0.1) is 13.8 Å². The number of rotatable bonds is 7. The molecule has 0 unspecified atom stereocenters. The van der Waals surface area contributed by atoms with Gasteiger partial charge in [-0.15, -0.1) is 0 Å². The van der Waals surface area contributed by atoms with Gasteiger partial charge in [0.05, 0.1) is 0 Å². The predicted octanol–water partition coefficient (Wildman–Crippen LogP) is 9.92. The van der Waals surface area contributed by atoms with Crippen LogP contribution in [0.3, 0.4) is 0 Å². The van der Waals surface area contributed by atoms with Crippen LogP contribution >= 0.6 is 0 Å². The van der Waals surface area contributed by atoms with Gasteiger partial charge in [0.2, 0.25) is 0 Å². The summed E-state index contributed by atoms with van der Waals surface area (Å²) in [6.07, 6.45) is 6.53. The first kappa shape index (κ1) is 24.1. The Bertz CT molecular complexity index is 1390. The number of allylic oxidation sites excluding steroid dienone is 2. The lowest BCUT2D eigenvalue weighted by molar-refractivity contribution is 1.28. The second-order valence-electron chi connectivity index (χ2n) is 9.27. The van der Waals surface area contributed by atoms with Gasteiger partial charge in [0.25, 0.3) is 0 Å². The number of hydrogen-bond acceptors (Lipinski definition) is 1. The molecule has 0 amide bonds. The van der Waals surface area contributed by atoms with E-state index in [-0.39, 0.29) is 0 Å². The highest BCUT2D eigenvalue weighted by atomic mass is 15.1. The molecule has 1 nitrogen and oxygen atoms in total. The minimum atomic E-state index is 1.13. The molecule has 5 rings (SSSR count). The molecule has 0 N–H and O–H groups in total. The molecule has 0 saturated heterocycles. The van der Waals surface area contributed by atoms with E-state index in [1.807, 2.05) is 0 Å². The highest BCUT2D eigenvalue weighted by Gasteiger charge is 2.11. The molecule has 0 aliphatic carbocycles. The third-order valence-corrected chi connectivity index (χ3v) is 6.46. The molecule has 0 aliphatic heterocycles. The van der Waals surface area contributed by atoms with Crippen molar-refractivity contribution in [2.75, 3.05) is 4.90 Å². The summed E-state index contributed by atoms with van der Waals surface area (Å²) in [5.74, 6) is 0. The van der Waals surface area contributed by atoms with Gasteiger partial charge in [-0.25, -0.2) is 0 Å². The Balaban J connectivity index is 1.43. The fourth-order valence-electron chi connectivity index (χ4n) is 4.42. The Labute approximate surface area is 220 Å². The highest BCUT2D eigenvalue weighted by molar-refractivity contribution is 5.82. The molecule has 0 radical (unpaired) electrons. The molecular formula is C36H31N. The van der Waals surface area contributed by atoms with E-state index in [0.717, 1.165) is 22.6 Å². The summed E-state index contributed by atoms with van der Waals surface area (Å²) in [5, 5.41) is 0. The zero-order chi connectivity index (χ0) is 25.5. The summed E-state index contributed by atoms with van der Waals surface area (Å²) in [6, 6.07) is 47.2. The molecule has 0 bridgehead atoms. The number of aryl methyl sites for hydroxylation is 2. The SMILES string of the molecule is Cc1ccc(C(=CC=Cc2ccc(N(c3ccccc3)c3ccccc3)cc2)c2ccc(C)cc2)cc1. The Morgan fingerprint density at radius 3 is 1.38 bits per heavy atom. The standard InChI is InChI=1S/C36H31N/c1-28-16-22-31(23-17-28)36(32-24-18-29(2)19-25-32)15-9-10-30-20-26-35(27-21-30)37(33-11-5-3-6-12-33)34-13-7-4-8-14-34/h3-27H,1-2H3. The molecule has 0 saturated carbocycles. The summed E-state index contributed by atoms with van der Waals surface area (Å²) in [5.41, 5.74) is 10.8. The first-order valence-corrected chi connectivity index (χ1v) is 12.7. The lowest BCUT2D eigenvalue weighted by Gasteiger charge is -2.25. The van der Waals surface area contributed by atoms with Gasteiger partial charge >= 0.3 is 0 Å². The second kappa shape index (κ2) is 11.4. The first-order chi connectivity index (χ1) is 18.2. The number of para-hydroxylation sites is 2. The number of hydrogen-bond donors (Lipinski definition) is 0. The van der Waals surface area contributed by atoms with Gasteiger partial charge in [-0.3, -0.25) is 0 Å². The minimum absolute atomic E-state index is 1.13. The Morgan fingerprint density at radius 1 is 0.486 bits per heavy atom. The normalized spacial score (nSPS) is 10.9. The quantitative estimate of drug-likeness (QED) is 0.211. The van der Waals surface area contributed by atoms with Crippen molar-refractivity contribution in [3.8, 4) is 0 Å². The summed E-state index contributed by atoms with van der Waals surface area (Å²) >= 11 is 0. The Hall–Kier alpha value is -4.62. The van der Waals surface area contributed by atoms with Crippen LogP contribution in [-0.4, -0.2) is 0 Å². The molecule has 0 heterocycles. The average molecular weight is 478 g/mol. The third kappa shape index (κ3) is 5.97. The van der Waals surface area contributed by atoms with Crippen LogP contribution in [0.1, 0.15) is 27.8 Å². The molecule has 37 heavy (non-hydrogen) atoms. The van der Waals surface area contributed by atoms with Crippen LogP contribution in [0.15, 0.2) is 146 Å². The van der Waals surface area contributed by atoms with Crippen molar-refractivity contribution < 1.29 is 0 Å². The number of anilines is 3. The summed E-state index contributed by atoms with van der Waals surface area (Å²) < 4.78 is 0. The number of nitrogens with zero attached hydrogens (tertiary/aromatic N) is 1. The predicted molar refractivity (Wildman–Crippen MR) is 160 cm³/mol. The van der Waals surface area contributed by atoms with E-state index in [0.29, 0.717) is 0 Å². The van der Waals surface area contributed by atoms with Crippen LogP contribution < -0.4 is 4.90 Å². The molecule has 0 atom stereocenters. The van der Waals surface area contributed by atoms with Crippen molar-refractivity contribution in [3.05, 3.63) is 173 Å². The fourth-order valence-corrected chi connectivity index (χ4v) is 4.42. The van der Waals surface area contributed by atoms with Crippen molar-refractivity contribution in [2.24, 2.45) is 0 Å². The zero-order valence-corrected chi connectivity index (χ0v) is 21.4. The minimum Gasteiger partial charge on any atom is -0.311 e. The molecule has 5 aromatic rings. The van der Waals surface area contributed by atoms with E-state index >= 15 is 0 Å². The van der Waals surface area contributed by atoms with Gasteiger partial charge in [-0.1, -0.05) is 126 Å². The maximum Gasteiger partial charge on any atom is 0.0462 e. The van der Waals surface area contributed by atoms with Crippen molar-refractivity contribution in [3.63, 3.8) is 0 Å². The van der Waals surface area contributed by atoms with E-state index < -0.39 is 0 Å². The monoisotopic (exact) mass is 477 g/mol. The van der Waals surface area contributed by atoms with Gasteiger partial charge in [0.15, 0.2) is 0 Å². The Morgan fingerprint density at radius 2 is 0.919 bits per heavy atom. The van der Waals surface area contributed by atoms with E-state index in [1.165, 1.54) is 27.8 Å². The van der Waals surface area contributed by atoms with Crippen LogP contribution in [-0.2, 0) is 0 Å². The molecule has 180 valence electrons. The lowest BCUT2D eigenvalue weighted by Crippen LogP contribution is -2.09. The van der Waals surface area contributed by atoms with Gasteiger partial charge in [-0.05, 0) is 72.5 Å². The van der Waals surface area contributed by atoms with Crippen molar-refractivity contribution in [2.45, 2.75) is 13.8 Å². The molecule has 0 spiro atoms. The van der Waals surface area contributed by atoms with Crippen molar-refractivity contribution >= 4 is 28.7 Å². The van der Waals surface area contributed by atoms with Crippen molar-refractivity contribution in [1.29, 1.82) is 0 Å². The van der Waals surface area contributed by atoms with E-state index in [2.05, 4.69) is 170 Å². The maximum absolute atomic E-state index is 2.28.